The number of nitrogens with zero attached hydrogens (tertiary/aromatic N) is 2. The fraction of sp³-hybridized carbons (Fsp3) is 0.887. The van der Waals surface area contributed by atoms with Crippen LogP contribution in [-0.4, -0.2) is 146 Å². The molecule has 68 heavy (non-hydrogen) atoms. The molecule has 0 bridgehead atoms. The lowest BCUT2D eigenvalue weighted by atomic mass is 9.80. The minimum Gasteiger partial charge on any atom is -0.379 e. The number of likely N-dealkylation sites (tertiary alicyclic amines) is 2. The van der Waals surface area contributed by atoms with E-state index in [0.717, 1.165) is 95.7 Å². The van der Waals surface area contributed by atoms with Crippen LogP contribution in [0.2, 0.25) is 0 Å². The number of hydrogen-bond acceptors (Lipinski definition) is 11. The van der Waals surface area contributed by atoms with Crippen molar-refractivity contribution in [2.24, 2.45) is 22.7 Å². The van der Waals surface area contributed by atoms with Gasteiger partial charge in [-0.05, 0) is 121 Å². The molecular weight excluding hydrogens is 861 g/mol. The van der Waals surface area contributed by atoms with Gasteiger partial charge in [-0.2, -0.15) is 0 Å². The summed E-state index contributed by atoms with van der Waals surface area (Å²) in [5, 5.41) is 31.0. The van der Waals surface area contributed by atoms with Gasteiger partial charge in [0.25, 0.3) is 0 Å². The van der Waals surface area contributed by atoms with Crippen molar-refractivity contribution >= 4 is 23.6 Å². The quantitative estimate of drug-likeness (QED) is 0.0574. The molecule has 0 radical (unpaired) electrons. The van der Waals surface area contributed by atoms with Gasteiger partial charge in [0, 0.05) is 38.0 Å². The molecule has 2 saturated carbocycles. The average molecular weight is 957 g/mol. The highest BCUT2D eigenvalue weighted by atomic mass is 16.5. The molecule has 5 aliphatic rings. The number of carbonyl (C=O) groups excluding carboxylic acids is 4. The molecule has 7 N–H and O–H groups in total. The van der Waals surface area contributed by atoms with Crippen molar-refractivity contribution in [2.75, 3.05) is 53.6 Å². The van der Waals surface area contributed by atoms with E-state index < -0.39 is 29.3 Å². The van der Waals surface area contributed by atoms with E-state index in [1.165, 1.54) is 25.7 Å². The smallest absolute Gasteiger partial charge is 0.246 e. The first kappa shape index (κ1) is 56.1. The van der Waals surface area contributed by atoms with Crippen LogP contribution in [-0.2, 0) is 28.7 Å². The van der Waals surface area contributed by atoms with Gasteiger partial charge in [-0.1, -0.05) is 92.6 Å². The number of rotatable bonds is 25. The third-order valence-corrected chi connectivity index (χ3v) is 16.4. The van der Waals surface area contributed by atoms with E-state index in [2.05, 4.69) is 57.2 Å². The van der Waals surface area contributed by atoms with Crippen LogP contribution in [0.15, 0.2) is 12.3 Å². The Morgan fingerprint density at radius 1 is 0.706 bits per heavy atom. The molecule has 3 aliphatic heterocycles. The maximum atomic E-state index is 14.1. The van der Waals surface area contributed by atoms with E-state index in [1.54, 1.807) is 18.9 Å². The Morgan fingerprint density at radius 2 is 1.19 bits per heavy atom. The summed E-state index contributed by atoms with van der Waals surface area (Å²) in [4.78, 5) is 58.9. The lowest BCUT2D eigenvalue weighted by Crippen LogP contribution is -2.60. The second-order valence-corrected chi connectivity index (χ2v) is 23.1. The van der Waals surface area contributed by atoms with Crippen LogP contribution >= 0.6 is 0 Å². The Morgan fingerprint density at radius 3 is 1.66 bits per heavy atom. The highest BCUT2D eigenvalue weighted by Crippen LogP contribution is 2.44. The molecule has 0 aromatic rings. The highest BCUT2D eigenvalue weighted by Gasteiger charge is 2.53. The topological polar surface area (TPSA) is 186 Å². The van der Waals surface area contributed by atoms with Crippen molar-refractivity contribution in [1.82, 2.24) is 41.7 Å². The Hall–Kier alpha value is -2.82. The van der Waals surface area contributed by atoms with Gasteiger partial charge in [-0.3, -0.25) is 24.5 Å². The fourth-order valence-corrected chi connectivity index (χ4v) is 11.8. The van der Waals surface area contributed by atoms with Gasteiger partial charge in [0.15, 0.2) is 0 Å². The summed E-state index contributed by atoms with van der Waals surface area (Å²) < 4.78 is 12.6. The normalized spacial score (nSPS) is 27.1. The highest BCUT2D eigenvalue weighted by molar-refractivity contribution is 5.94. The molecule has 3 heterocycles. The average Bonchev–Trinajstić information content (AvgIpc) is 4.08. The number of ether oxygens (including phenoxy) is 2. The predicted molar refractivity (Wildman–Crippen MR) is 269 cm³/mol. The van der Waals surface area contributed by atoms with Gasteiger partial charge in [-0.25, -0.2) is 0 Å². The lowest BCUT2D eigenvalue weighted by Gasteiger charge is -2.38. The Labute approximate surface area is 410 Å². The third kappa shape index (κ3) is 15.1. The van der Waals surface area contributed by atoms with Crippen LogP contribution in [0, 0.1) is 22.7 Å². The maximum absolute atomic E-state index is 14.1. The summed E-state index contributed by atoms with van der Waals surface area (Å²) in [5.74, 6) is 0.249. The Balaban J connectivity index is 1.05. The number of likely N-dealkylation sites (N-methyl/N-ethyl adjacent to an activating group) is 2. The zero-order valence-corrected chi connectivity index (χ0v) is 43.9. The summed E-state index contributed by atoms with van der Waals surface area (Å²) in [6, 6.07) is -2.47. The van der Waals surface area contributed by atoms with Crippen molar-refractivity contribution in [2.45, 2.75) is 225 Å². The first-order valence-corrected chi connectivity index (χ1v) is 27.0. The van der Waals surface area contributed by atoms with E-state index in [1.807, 2.05) is 34.7 Å². The van der Waals surface area contributed by atoms with Gasteiger partial charge < -0.3 is 51.0 Å². The molecule has 0 spiro atoms. The SMILES string of the molecule is C=C([C@H]1NC(O)([C@H](C)NC)CC1(C)C)N1CCC[C@H]1C(=O)N[C@H](COCCCCCCOC[C@@H](NC(=O)[C@@H]1CCCN1C(=O)[C@@H](NC(=O)[C@H](C)NC)C(C)(C)C)C1CCCCC1)C1CCCCC1. The molecule has 15 nitrogen and oxygen atoms in total. The van der Waals surface area contributed by atoms with E-state index >= 15 is 0 Å². The first-order chi connectivity index (χ1) is 32.3. The molecule has 5 rings (SSSR count). The molecule has 15 heteroatoms. The number of nitrogens with one attached hydrogen (secondary N) is 6. The van der Waals surface area contributed by atoms with Crippen molar-refractivity contribution in [1.29, 1.82) is 0 Å². The summed E-state index contributed by atoms with van der Waals surface area (Å²) in [7, 11) is 3.58. The zero-order chi connectivity index (χ0) is 49.6. The second-order valence-electron chi connectivity index (χ2n) is 23.1. The van der Waals surface area contributed by atoms with Gasteiger partial charge in [0.2, 0.25) is 23.6 Å². The van der Waals surface area contributed by atoms with Crippen molar-refractivity contribution in [3.8, 4) is 0 Å². The fourth-order valence-electron chi connectivity index (χ4n) is 11.8. The number of hydrogen-bond donors (Lipinski definition) is 7. The molecule has 0 aromatic carbocycles. The van der Waals surface area contributed by atoms with Crippen LogP contribution in [0.25, 0.3) is 0 Å². The van der Waals surface area contributed by atoms with E-state index in [0.29, 0.717) is 57.6 Å². The molecule has 2 aliphatic carbocycles. The van der Waals surface area contributed by atoms with Gasteiger partial charge in [0.05, 0.1) is 37.4 Å². The predicted octanol–water partition coefficient (Wildman–Crippen LogP) is 5.50. The molecule has 9 atom stereocenters. The Bertz CT molecular complexity index is 1630. The maximum Gasteiger partial charge on any atom is 0.246 e. The summed E-state index contributed by atoms with van der Waals surface area (Å²) in [6.45, 7) is 22.0. The molecule has 1 unspecified atom stereocenters. The largest absolute Gasteiger partial charge is 0.379 e. The summed E-state index contributed by atoms with van der Waals surface area (Å²) in [6.07, 6.45) is 19.0. The van der Waals surface area contributed by atoms with Crippen LogP contribution in [0.4, 0.5) is 0 Å². The van der Waals surface area contributed by atoms with Crippen LogP contribution in [0.3, 0.4) is 0 Å². The van der Waals surface area contributed by atoms with E-state index in [-0.39, 0.29) is 59.3 Å². The molecule has 4 amide bonds. The van der Waals surface area contributed by atoms with E-state index in [4.69, 9.17) is 9.47 Å². The van der Waals surface area contributed by atoms with Gasteiger partial charge in [-0.15, -0.1) is 0 Å². The molecule has 5 fully saturated rings. The number of aliphatic hydroxyl groups is 1. The standard InChI is InChI=1S/C53H96N8O7/c1-36(54-9)47(62)58-46(51(4,5)6)50(65)61-30-22-28-44(61)49(64)57-42(40-25-17-14-18-26-40)34-68-32-20-12-11-19-31-67-33-41(39-23-15-13-16-24-39)56-48(63)43-27-21-29-60(43)37(2)45-52(7,8)35-53(66,59-45)38(3)55-10/h36,38-46,54-55,59,66H,2,11-35H2,1,3-10H3,(H,56,63)(H,57,64)(H,58,62)/t36-,38-,41+,42+,43-,44-,45+,46+,53?/m0/s1. The number of unbranched alkanes of at least 4 members (excludes halogenated alkanes) is 3. The van der Waals surface area contributed by atoms with E-state index in [9.17, 15) is 24.3 Å². The van der Waals surface area contributed by atoms with Crippen LogP contribution in [0.5, 0.6) is 0 Å². The first-order valence-electron chi connectivity index (χ1n) is 27.0. The number of carbonyl (C=O) groups is 4. The van der Waals surface area contributed by atoms with Crippen LogP contribution < -0.4 is 31.9 Å². The molecule has 3 saturated heterocycles. The van der Waals surface area contributed by atoms with Crippen molar-refractivity contribution in [3.63, 3.8) is 0 Å². The van der Waals surface area contributed by atoms with Crippen molar-refractivity contribution in [3.05, 3.63) is 12.3 Å². The second kappa shape index (κ2) is 26.0. The lowest BCUT2D eigenvalue weighted by molar-refractivity contribution is -0.144. The monoisotopic (exact) mass is 957 g/mol. The minimum atomic E-state index is -1.06. The molecular formula is C53H96N8O7. The molecule has 0 aromatic heterocycles. The Kier molecular flexibility index (Phi) is 21.5. The van der Waals surface area contributed by atoms with Crippen LogP contribution in [0.1, 0.15) is 170 Å². The summed E-state index contributed by atoms with van der Waals surface area (Å²) >= 11 is 0. The van der Waals surface area contributed by atoms with Gasteiger partial charge >= 0.3 is 0 Å². The number of amides is 4. The minimum absolute atomic E-state index is 0.0234. The van der Waals surface area contributed by atoms with Gasteiger partial charge in [0.1, 0.15) is 23.9 Å². The molecule has 390 valence electrons. The summed E-state index contributed by atoms with van der Waals surface area (Å²) in [5.41, 5.74) is -0.948. The van der Waals surface area contributed by atoms with Crippen molar-refractivity contribution < 1.29 is 33.8 Å². The zero-order valence-electron chi connectivity index (χ0n) is 43.9. The third-order valence-electron chi connectivity index (χ3n) is 16.4.